The van der Waals surface area contributed by atoms with Crippen molar-refractivity contribution in [2.24, 2.45) is 5.41 Å². The summed E-state index contributed by atoms with van der Waals surface area (Å²) in [5.74, 6) is 0. The van der Waals surface area contributed by atoms with Crippen LogP contribution in [0.5, 0.6) is 0 Å². The fourth-order valence-corrected chi connectivity index (χ4v) is 2.98. The molecule has 0 bridgehead atoms. The van der Waals surface area contributed by atoms with Gasteiger partial charge in [0, 0.05) is 18.6 Å². The summed E-state index contributed by atoms with van der Waals surface area (Å²) in [6.45, 7) is 1.32. The van der Waals surface area contributed by atoms with Crippen LogP contribution in [0.15, 0.2) is 0 Å². The molecular weight excluding hydrogens is 192 g/mol. The van der Waals surface area contributed by atoms with Crippen LogP contribution in [0.4, 0.5) is 0 Å². The Morgan fingerprint density at radius 1 is 1.13 bits per heavy atom. The molecule has 1 N–H and O–H groups in total. The van der Waals surface area contributed by atoms with Gasteiger partial charge in [-0.2, -0.15) is 0 Å². The molecule has 2 aliphatic rings. The SMILES string of the molecule is O=CC1(CC2(O)CCCC2)CCOCC1. The van der Waals surface area contributed by atoms with E-state index in [1.165, 1.54) is 0 Å². The molecule has 0 atom stereocenters. The standard InChI is InChI=1S/C12H20O3/c13-10-11(5-7-15-8-6-11)9-12(14)3-1-2-4-12/h10,14H,1-9H2. The molecule has 15 heavy (non-hydrogen) atoms. The molecule has 3 nitrogen and oxygen atoms in total. The van der Waals surface area contributed by atoms with E-state index in [2.05, 4.69) is 0 Å². The van der Waals surface area contributed by atoms with Crippen LogP contribution in [0, 0.1) is 5.41 Å². The maximum absolute atomic E-state index is 11.2. The normalized spacial score (nSPS) is 28.9. The highest BCUT2D eigenvalue weighted by Crippen LogP contribution is 2.43. The van der Waals surface area contributed by atoms with Crippen LogP contribution in [0.1, 0.15) is 44.9 Å². The quantitative estimate of drug-likeness (QED) is 0.724. The zero-order valence-electron chi connectivity index (χ0n) is 9.21. The molecule has 1 aliphatic carbocycles. The van der Waals surface area contributed by atoms with E-state index >= 15 is 0 Å². The van der Waals surface area contributed by atoms with Crippen LogP contribution in [0.3, 0.4) is 0 Å². The second-order valence-corrected chi connectivity index (χ2v) is 5.20. The first-order valence-corrected chi connectivity index (χ1v) is 5.95. The zero-order chi connectivity index (χ0) is 10.8. The minimum atomic E-state index is -0.571. The summed E-state index contributed by atoms with van der Waals surface area (Å²) in [5.41, 5.74) is -0.879. The van der Waals surface area contributed by atoms with Crippen molar-refractivity contribution in [2.45, 2.75) is 50.5 Å². The molecule has 0 spiro atoms. The molecule has 1 heterocycles. The van der Waals surface area contributed by atoms with Crippen molar-refractivity contribution in [3.8, 4) is 0 Å². The van der Waals surface area contributed by atoms with Gasteiger partial charge in [-0.15, -0.1) is 0 Å². The van der Waals surface area contributed by atoms with Crippen molar-refractivity contribution in [1.82, 2.24) is 0 Å². The van der Waals surface area contributed by atoms with Crippen molar-refractivity contribution in [3.05, 3.63) is 0 Å². The van der Waals surface area contributed by atoms with Crippen LogP contribution >= 0.6 is 0 Å². The predicted octanol–water partition coefficient (Wildman–Crippen LogP) is 1.68. The maximum Gasteiger partial charge on any atom is 0.126 e. The lowest BCUT2D eigenvalue weighted by atomic mass is 9.72. The fraction of sp³-hybridized carbons (Fsp3) is 0.917. The first kappa shape index (κ1) is 11.1. The van der Waals surface area contributed by atoms with Gasteiger partial charge in [-0.3, -0.25) is 0 Å². The van der Waals surface area contributed by atoms with Crippen LogP contribution < -0.4 is 0 Å². The molecule has 2 fully saturated rings. The van der Waals surface area contributed by atoms with E-state index < -0.39 is 5.60 Å². The van der Waals surface area contributed by atoms with Gasteiger partial charge in [-0.05, 0) is 32.1 Å². The number of carbonyl (C=O) groups excluding carboxylic acids is 1. The maximum atomic E-state index is 11.2. The highest BCUT2D eigenvalue weighted by molar-refractivity contribution is 5.59. The van der Waals surface area contributed by atoms with E-state index in [1.54, 1.807) is 0 Å². The molecule has 1 saturated heterocycles. The molecule has 0 unspecified atom stereocenters. The van der Waals surface area contributed by atoms with Crippen molar-refractivity contribution < 1.29 is 14.6 Å². The average molecular weight is 212 g/mol. The first-order chi connectivity index (χ1) is 7.18. The lowest BCUT2D eigenvalue weighted by Crippen LogP contribution is -2.39. The van der Waals surface area contributed by atoms with Crippen LogP contribution in [0.25, 0.3) is 0 Å². The molecule has 0 amide bonds. The number of ether oxygens (including phenoxy) is 1. The average Bonchev–Trinajstić information content (AvgIpc) is 2.66. The molecule has 2 rings (SSSR count). The Morgan fingerprint density at radius 3 is 2.27 bits per heavy atom. The Bertz CT molecular complexity index is 225. The van der Waals surface area contributed by atoms with Crippen LogP contribution in [0.2, 0.25) is 0 Å². The lowest BCUT2D eigenvalue weighted by molar-refractivity contribution is -0.127. The number of aldehydes is 1. The molecule has 1 saturated carbocycles. The molecule has 0 radical (unpaired) electrons. The van der Waals surface area contributed by atoms with Gasteiger partial charge in [-0.25, -0.2) is 0 Å². The Hall–Kier alpha value is -0.410. The van der Waals surface area contributed by atoms with Crippen molar-refractivity contribution in [1.29, 1.82) is 0 Å². The highest BCUT2D eigenvalue weighted by Gasteiger charge is 2.42. The number of carbonyl (C=O) groups is 1. The van der Waals surface area contributed by atoms with Crippen LogP contribution in [-0.4, -0.2) is 30.2 Å². The summed E-state index contributed by atoms with van der Waals surface area (Å²) in [5, 5.41) is 10.3. The largest absolute Gasteiger partial charge is 0.390 e. The number of hydrogen-bond donors (Lipinski definition) is 1. The number of rotatable bonds is 3. The van der Waals surface area contributed by atoms with Gasteiger partial charge in [0.05, 0.1) is 5.60 Å². The molecule has 0 aromatic rings. The van der Waals surface area contributed by atoms with E-state index in [0.717, 1.165) is 44.8 Å². The molecular formula is C12H20O3. The third-order valence-corrected chi connectivity index (χ3v) is 3.95. The van der Waals surface area contributed by atoms with E-state index in [-0.39, 0.29) is 5.41 Å². The topological polar surface area (TPSA) is 46.5 Å². The summed E-state index contributed by atoms with van der Waals surface area (Å²) in [7, 11) is 0. The van der Waals surface area contributed by atoms with E-state index in [4.69, 9.17) is 4.74 Å². The Balaban J connectivity index is 2.02. The second kappa shape index (κ2) is 4.22. The Morgan fingerprint density at radius 2 is 1.73 bits per heavy atom. The molecule has 3 heteroatoms. The van der Waals surface area contributed by atoms with Gasteiger partial charge in [0.2, 0.25) is 0 Å². The van der Waals surface area contributed by atoms with Gasteiger partial charge in [0.25, 0.3) is 0 Å². The second-order valence-electron chi connectivity index (χ2n) is 5.20. The number of hydrogen-bond acceptors (Lipinski definition) is 3. The van der Waals surface area contributed by atoms with Gasteiger partial charge >= 0.3 is 0 Å². The molecule has 0 aromatic carbocycles. The van der Waals surface area contributed by atoms with Gasteiger partial charge in [0.1, 0.15) is 6.29 Å². The van der Waals surface area contributed by atoms with Gasteiger partial charge in [0.15, 0.2) is 0 Å². The lowest BCUT2D eigenvalue weighted by Gasteiger charge is -2.37. The van der Waals surface area contributed by atoms with Crippen LogP contribution in [-0.2, 0) is 9.53 Å². The molecule has 0 aromatic heterocycles. The van der Waals surface area contributed by atoms with Crippen molar-refractivity contribution in [3.63, 3.8) is 0 Å². The Kier molecular flexibility index (Phi) is 3.12. The van der Waals surface area contributed by atoms with Gasteiger partial charge in [-0.1, -0.05) is 12.8 Å². The smallest absolute Gasteiger partial charge is 0.126 e. The summed E-state index contributed by atoms with van der Waals surface area (Å²) < 4.78 is 5.28. The number of aliphatic hydroxyl groups is 1. The summed E-state index contributed by atoms with van der Waals surface area (Å²) in [6.07, 6.45) is 7.19. The molecule has 1 aliphatic heterocycles. The van der Waals surface area contributed by atoms with Crippen molar-refractivity contribution >= 4 is 6.29 Å². The summed E-state index contributed by atoms with van der Waals surface area (Å²) >= 11 is 0. The minimum absolute atomic E-state index is 0.308. The summed E-state index contributed by atoms with van der Waals surface area (Å²) in [4.78, 5) is 11.2. The fourth-order valence-electron chi connectivity index (χ4n) is 2.98. The van der Waals surface area contributed by atoms with Crippen molar-refractivity contribution in [2.75, 3.05) is 13.2 Å². The predicted molar refractivity (Wildman–Crippen MR) is 56.6 cm³/mol. The monoisotopic (exact) mass is 212 g/mol. The first-order valence-electron chi connectivity index (χ1n) is 5.95. The van der Waals surface area contributed by atoms with Gasteiger partial charge < -0.3 is 14.6 Å². The third kappa shape index (κ3) is 2.40. The third-order valence-electron chi connectivity index (χ3n) is 3.95. The Labute approximate surface area is 90.8 Å². The van der Waals surface area contributed by atoms with E-state index in [9.17, 15) is 9.90 Å². The molecule has 86 valence electrons. The summed E-state index contributed by atoms with van der Waals surface area (Å²) in [6, 6.07) is 0. The zero-order valence-corrected chi connectivity index (χ0v) is 9.21. The minimum Gasteiger partial charge on any atom is -0.390 e. The van der Waals surface area contributed by atoms with E-state index in [0.29, 0.717) is 19.6 Å². The highest BCUT2D eigenvalue weighted by atomic mass is 16.5. The van der Waals surface area contributed by atoms with E-state index in [1.807, 2.05) is 0 Å².